The van der Waals surface area contributed by atoms with Crippen molar-refractivity contribution in [3.8, 4) is 0 Å². The van der Waals surface area contributed by atoms with E-state index in [-0.39, 0.29) is 0 Å². The number of nitrogens with one attached hydrogen (secondary N) is 1. The van der Waals surface area contributed by atoms with Crippen LogP contribution in [-0.4, -0.2) is 37.8 Å². The van der Waals surface area contributed by atoms with Crippen LogP contribution in [0, 0.1) is 12.8 Å². The van der Waals surface area contributed by atoms with E-state index >= 15 is 0 Å². The minimum absolute atomic E-state index is 0.377. The molecule has 21 heavy (non-hydrogen) atoms. The zero-order chi connectivity index (χ0) is 15.4. The average Bonchev–Trinajstić information content (AvgIpc) is 3.23. The molecule has 1 fully saturated rings. The van der Waals surface area contributed by atoms with E-state index < -0.39 is 0 Å². The molecule has 2 unspecified atom stereocenters. The summed E-state index contributed by atoms with van der Waals surface area (Å²) in [4.78, 5) is 8.65. The van der Waals surface area contributed by atoms with Crippen LogP contribution in [0.2, 0.25) is 0 Å². The molecule has 1 heterocycles. The topological polar surface area (TPSA) is 37.4 Å². The molecule has 2 rings (SSSR count). The van der Waals surface area contributed by atoms with E-state index in [0.717, 1.165) is 36.4 Å². The van der Waals surface area contributed by atoms with E-state index in [1.54, 1.807) is 7.11 Å². The number of anilines is 1. The largest absolute Gasteiger partial charge is 0.383 e. The van der Waals surface area contributed by atoms with E-state index in [4.69, 9.17) is 9.72 Å². The summed E-state index contributed by atoms with van der Waals surface area (Å²) in [6.45, 7) is 11.5. The van der Waals surface area contributed by atoms with Crippen molar-refractivity contribution in [1.82, 2.24) is 10.3 Å². The highest BCUT2D eigenvalue weighted by Gasteiger charge is 2.33. The monoisotopic (exact) mass is 311 g/mol. The van der Waals surface area contributed by atoms with Gasteiger partial charge >= 0.3 is 0 Å². The Labute approximate surface area is 132 Å². The Balaban J connectivity index is 2.16. The smallest absolute Gasteiger partial charge is 0.186 e. The van der Waals surface area contributed by atoms with Gasteiger partial charge in [0, 0.05) is 30.6 Å². The van der Waals surface area contributed by atoms with Crippen LogP contribution in [0.25, 0.3) is 0 Å². The van der Waals surface area contributed by atoms with Gasteiger partial charge in [-0.3, -0.25) is 0 Å². The minimum atomic E-state index is 0.377. The van der Waals surface area contributed by atoms with E-state index in [1.165, 1.54) is 17.7 Å². The Morgan fingerprint density at radius 2 is 2.14 bits per heavy atom. The number of hydrogen-bond acceptors (Lipinski definition) is 5. The minimum Gasteiger partial charge on any atom is -0.383 e. The Hall–Kier alpha value is -0.650. The molecule has 1 N–H and O–H groups in total. The van der Waals surface area contributed by atoms with E-state index in [1.807, 2.05) is 11.3 Å². The third kappa shape index (κ3) is 4.18. The van der Waals surface area contributed by atoms with Gasteiger partial charge in [-0.25, -0.2) is 4.98 Å². The van der Waals surface area contributed by atoms with Crippen LogP contribution in [0.1, 0.15) is 50.2 Å². The molecule has 0 aromatic carbocycles. The van der Waals surface area contributed by atoms with Crippen molar-refractivity contribution >= 4 is 16.5 Å². The molecule has 120 valence electrons. The first kappa shape index (κ1) is 16.7. The maximum Gasteiger partial charge on any atom is 0.186 e. The fourth-order valence-corrected chi connectivity index (χ4v) is 4.02. The van der Waals surface area contributed by atoms with Crippen molar-refractivity contribution in [2.75, 3.05) is 31.7 Å². The lowest BCUT2D eigenvalue weighted by molar-refractivity contribution is 0.202. The molecule has 2 atom stereocenters. The van der Waals surface area contributed by atoms with Crippen molar-refractivity contribution in [2.45, 2.75) is 52.6 Å². The fourth-order valence-electron chi connectivity index (χ4n) is 2.81. The number of ether oxygens (including phenoxy) is 1. The molecule has 1 saturated carbocycles. The Morgan fingerprint density at radius 1 is 1.43 bits per heavy atom. The third-order valence-electron chi connectivity index (χ3n) is 4.30. The molecule has 0 spiro atoms. The van der Waals surface area contributed by atoms with Crippen LogP contribution in [-0.2, 0) is 4.74 Å². The van der Waals surface area contributed by atoms with Crippen molar-refractivity contribution in [3.63, 3.8) is 0 Å². The molecule has 1 aliphatic carbocycles. The molecule has 0 saturated heterocycles. The van der Waals surface area contributed by atoms with Gasteiger partial charge in [-0.15, -0.1) is 11.3 Å². The molecule has 5 heteroatoms. The second-order valence-corrected chi connectivity index (χ2v) is 7.00. The molecule has 1 aromatic heterocycles. The third-order valence-corrected chi connectivity index (χ3v) is 5.68. The Morgan fingerprint density at radius 3 is 2.71 bits per heavy atom. The molecule has 0 bridgehead atoms. The van der Waals surface area contributed by atoms with Crippen LogP contribution in [0.4, 0.5) is 5.13 Å². The lowest BCUT2D eigenvalue weighted by atomic mass is 10.2. The van der Waals surface area contributed by atoms with Crippen LogP contribution < -0.4 is 10.2 Å². The molecule has 0 amide bonds. The molecular weight excluding hydrogens is 282 g/mol. The van der Waals surface area contributed by atoms with E-state index in [2.05, 4.69) is 37.9 Å². The maximum absolute atomic E-state index is 5.29. The van der Waals surface area contributed by atoms with E-state index in [9.17, 15) is 0 Å². The van der Waals surface area contributed by atoms with Crippen molar-refractivity contribution in [2.24, 2.45) is 5.92 Å². The summed E-state index contributed by atoms with van der Waals surface area (Å²) in [6.07, 6.45) is 2.71. The average molecular weight is 311 g/mol. The molecule has 1 aromatic rings. The van der Waals surface area contributed by atoms with Crippen molar-refractivity contribution in [1.29, 1.82) is 0 Å². The standard InChI is InChI=1S/C16H29N3OS/c1-6-17-11(2)15-12(3)18-16(21-15)19(9-10-20-5)13(4)14-7-8-14/h11,13-14,17H,6-10H2,1-5H3. The van der Waals surface area contributed by atoms with Crippen LogP contribution in [0.3, 0.4) is 0 Å². The number of aryl methyl sites for hydroxylation is 1. The fraction of sp³-hybridized carbons (Fsp3) is 0.812. The summed E-state index contributed by atoms with van der Waals surface area (Å²) >= 11 is 1.84. The summed E-state index contributed by atoms with van der Waals surface area (Å²) in [5.74, 6) is 0.834. The summed E-state index contributed by atoms with van der Waals surface area (Å²) in [7, 11) is 1.77. The normalized spacial score (nSPS) is 17.8. The van der Waals surface area contributed by atoms with Crippen molar-refractivity contribution in [3.05, 3.63) is 10.6 Å². The zero-order valence-corrected chi connectivity index (χ0v) is 14.8. The van der Waals surface area contributed by atoms with Crippen LogP contribution >= 0.6 is 11.3 Å². The summed E-state index contributed by atoms with van der Waals surface area (Å²) in [5, 5.41) is 4.65. The summed E-state index contributed by atoms with van der Waals surface area (Å²) in [6, 6.07) is 0.940. The first-order valence-electron chi connectivity index (χ1n) is 8.04. The SMILES string of the molecule is CCNC(C)c1sc(N(CCOC)C(C)C2CC2)nc1C. The number of methoxy groups -OCH3 is 1. The maximum atomic E-state index is 5.29. The van der Waals surface area contributed by atoms with Gasteiger partial charge in [-0.05, 0) is 46.1 Å². The lowest BCUT2D eigenvalue weighted by Gasteiger charge is -2.28. The van der Waals surface area contributed by atoms with Crippen LogP contribution in [0.5, 0.6) is 0 Å². The van der Waals surface area contributed by atoms with Gasteiger partial charge < -0.3 is 15.0 Å². The highest BCUT2D eigenvalue weighted by Crippen LogP contribution is 2.39. The Kier molecular flexibility index (Phi) is 6.02. The first-order chi connectivity index (χ1) is 10.1. The second kappa shape index (κ2) is 7.56. The number of rotatable bonds is 9. The van der Waals surface area contributed by atoms with Gasteiger partial charge in [0.1, 0.15) is 0 Å². The number of hydrogen-bond donors (Lipinski definition) is 1. The predicted molar refractivity (Wildman–Crippen MR) is 90.4 cm³/mol. The second-order valence-electron chi connectivity index (χ2n) is 5.99. The highest BCUT2D eigenvalue weighted by atomic mass is 32.1. The zero-order valence-electron chi connectivity index (χ0n) is 14.0. The van der Waals surface area contributed by atoms with Gasteiger partial charge in [0.2, 0.25) is 0 Å². The summed E-state index contributed by atoms with van der Waals surface area (Å²) in [5.41, 5.74) is 1.16. The molecule has 0 aliphatic heterocycles. The molecule has 0 radical (unpaired) electrons. The van der Waals surface area contributed by atoms with Gasteiger partial charge in [-0.2, -0.15) is 0 Å². The van der Waals surface area contributed by atoms with E-state index in [0.29, 0.717) is 12.1 Å². The highest BCUT2D eigenvalue weighted by molar-refractivity contribution is 7.15. The molecular formula is C16H29N3OS. The molecule has 1 aliphatic rings. The molecule has 4 nitrogen and oxygen atoms in total. The lowest BCUT2D eigenvalue weighted by Crippen LogP contribution is -2.37. The van der Waals surface area contributed by atoms with Gasteiger partial charge in [-0.1, -0.05) is 6.92 Å². The quantitative estimate of drug-likeness (QED) is 0.759. The number of thiazole rings is 1. The first-order valence-corrected chi connectivity index (χ1v) is 8.86. The predicted octanol–water partition coefficient (Wildman–Crippen LogP) is 3.37. The van der Waals surface area contributed by atoms with Gasteiger partial charge in [0.15, 0.2) is 5.13 Å². The number of nitrogens with zero attached hydrogens (tertiary/aromatic N) is 2. The number of aromatic nitrogens is 1. The van der Waals surface area contributed by atoms with Gasteiger partial charge in [0.25, 0.3) is 0 Å². The Bertz CT molecular complexity index is 445. The van der Waals surface area contributed by atoms with Crippen LogP contribution in [0.15, 0.2) is 0 Å². The van der Waals surface area contributed by atoms with Crippen molar-refractivity contribution < 1.29 is 4.74 Å². The summed E-state index contributed by atoms with van der Waals surface area (Å²) < 4.78 is 5.29. The van der Waals surface area contributed by atoms with Gasteiger partial charge in [0.05, 0.1) is 12.3 Å².